The first kappa shape index (κ1) is 37.7. The van der Waals surface area contributed by atoms with E-state index in [2.05, 4.69) is 0 Å². The van der Waals surface area contributed by atoms with Crippen molar-refractivity contribution in [2.24, 2.45) is 0 Å². The molecule has 0 aromatic rings. The molecule has 0 heterocycles. The second-order valence-corrected chi connectivity index (χ2v) is 2.73. The monoisotopic (exact) mass is 338 g/mol. The van der Waals surface area contributed by atoms with E-state index >= 15 is 0 Å². The van der Waals surface area contributed by atoms with Crippen molar-refractivity contribution in [1.82, 2.24) is 0 Å². The van der Waals surface area contributed by atoms with Crippen molar-refractivity contribution in [3.05, 3.63) is 0 Å². The Labute approximate surface area is 184 Å². The Balaban J connectivity index is -0.0000000629. The van der Waals surface area contributed by atoms with E-state index < -0.39 is 42.5 Å². The molecule has 0 saturated carbocycles. The van der Waals surface area contributed by atoms with Crippen LogP contribution in [0.4, 0.5) is 4.79 Å². The molecule has 0 radical (unpaired) electrons. The average molecular weight is 338 g/mol. The van der Waals surface area contributed by atoms with Crippen molar-refractivity contribution < 1.29 is 144 Å². The Morgan fingerprint density at radius 2 is 1.00 bits per heavy atom. The fraction of sp³-hybridized carbons (Fsp3) is 0.429. The van der Waals surface area contributed by atoms with Gasteiger partial charge in [-0.05, 0) is 6.16 Å². The zero-order valence-corrected chi connectivity index (χ0v) is 17.6. The molecule has 0 spiro atoms. The molecule has 0 saturated heterocycles. The number of aliphatic carboxylic acids is 3. The fourth-order valence-electron chi connectivity index (χ4n) is 0.714. The molecule has 106 valence electrons. The molecule has 0 bridgehead atoms. The van der Waals surface area contributed by atoms with E-state index in [1.807, 2.05) is 0 Å². The van der Waals surface area contributed by atoms with E-state index in [-0.39, 0.29) is 94.1 Å². The van der Waals surface area contributed by atoms with Gasteiger partial charge < -0.3 is 40.9 Å². The predicted octanol–water partition coefficient (Wildman–Crippen LogP) is -12.9. The van der Waals surface area contributed by atoms with E-state index in [0.29, 0.717) is 0 Å². The number of hydrogen-bond acceptors (Lipinski definition) is 8. The van der Waals surface area contributed by atoms with E-state index in [1.165, 1.54) is 0 Å². The molecule has 0 rings (SSSR count). The van der Waals surface area contributed by atoms with Crippen molar-refractivity contribution in [3.63, 3.8) is 0 Å². The molecule has 5 N–H and O–H groups in total. The third-order valence-electron chi connectivity index (χ3n) is 1.29. The van der Waals surface area contributed by atoms with Gasteiger partial charge in [-0.1, -0.05) is 0 Å². The molecule has 21 heavy (non-hydrogen) atoms. The van der Waals surface area contributed by atoms with Crippen LogP contribution in [0.5, 0.6) is 0 Å². The van der Waals surface area contributed by atoms with Crippen LogP contribution < -0.4 is 98.9 Å². The summed E-state index contributed by atoms with van der Waals surface area (Å²) in [7, 11) is 0. The first-order chi connectivity index (χ1) is 7.51. The Morgan fingerprint density at radius 3 is 1.10 bits per heavy atom. The van der Waals surface area contributed by atoms with Crippen molar-refractivity contribution in [3.8, 4) is 0 Å². The van der Waals surface area contributed by atoms with Crippen LogP contribution in [-0.4, -0.2) is 55.6 Å². The molecule has 0 aromatic heterocycles. The van der Waals surface area contributed by atoms with Gasteiger partial charge in [0.05, 0.1) is 12.8 Å². The van der Waals surface area contributed by atoms with Crippen molar-refractivity contribution >= 4 is 24.1 Å². The summed E-state index contributed by atoms with van der Waals surface area (Å²) in [6.07, 6.45) is -4.62. The second kappa shape index (κ2) is 18.6. The molecule has 0 fully saturated rings. The maximum atomic E-state index is 10.3. The molecular weight excluding hydrogens is 329 g/mol. The topological polar surface area (TPSA) is 225 Å². The van der Waals surface area contributed by atoms with Crippen LogP contribution in [0.25, 0.3) is 0 Å². The summed E-state index contributed by atoms with van der Waals surface area (Å²) in [4.78, 5) is 38.8. The van der Waals surface area contributed by atoms with Crippen molar-refractivity contribution in [2.75, 3.05) is 0 Å². The molecule has 0 aromatic carbocycles. The average Bonchev–Trinajstić information content (AvgIpc) is 1.98. The third-order valence-corrected chi connectivity index (χ3v) is 1.29. The number of aliphatic hydroxyl groups is 1. The zero-order valence-electron chi connectivity index (χ0n) is 11.6. The van der Waals surface area contributed by atoms with Crippen LogP contribution in [0, 0.1) is 0 Å². The largest absolute Gasteiger partial charge is 1.00 e. The maximum absolute atomic E-state index is 10.3. The molecule has 11 nitrogen and oxygen atoms in total. The summed E-state index contributed by atoms with van der Waals surface area (Å²) in [6.45, 7) is 0. The van der Waals surface area contributed by atoms with Crippen LogP contribution in [-0.2, 0) is 14.4 Å². The van der Waals surface area contributed by atoms with Crippen LogP contribution >= 0.6 is 0 Å². The minimum atomic E-state index is -2.74. The minimum absolute atomic E-state index is 0. The smallest absolute Gasteiger partial charge is 0.870 e. The van der Waals surface area contributed by atoms with Gasteiger partial charge in [0.15, 0.2) is 5.60 Å². The van der Waals surface area contributed by atoms with Crippen LogP contribution in [0.15, 0.2) is 0 Å². The maximum Gasteiger partial charge on any atom is 1.00 e. The van der Waals surface area contributed by atoms with Crippen molar-refractivity contribution in [1.29, 1.82) is 0 Å². The van der Waals surface area contributed by atoms with Crippen molar-refractivity contribution in [2.45, 2.75) is 18.4 Å². The van der Waals surface area contributed by atoms with Gasteiger partial charge in [-0.2, -0.15) is 0 Å². The first-order valence-electron chi connectivity index (χ1n) is 3.78. The molecule has 0 atom stereocenters. The summed E-state index contributed by atoms with van der Waals surface area (Å²) in [6, 6.07) is 0. The molecule has 0 aliphatic heterocycles. The van der Waals surface area contributed by atoms with Crippen LogP contribution in [0.3, 0.4) is 0 Å². The van der Waals surface area contributed by atoms with Crippen LogP contribution in [0.2, 0.25) is 0 Å². The molecule has 0 unspecified atom stereocenters. The van der Waals surface area contributed by atoms with E-state index in [0.717, 1.165) is 0 Å². The van der Waals surface area contributed by atoms with E-state index in [9.17, 15) is 14.4 Å². The summed E-state index contributed by atoms with van der Waals surface area (Å²) in [5, 5.41) is 50.5. The predicted molar refractivity (Wildman–Crippen MR) is 44.4 cm³/mol. The fourth-order valence-corrected chi connectivity index (χ4v) is 0.714. The quantitative estimate of drug-likeness (QED) is 0.344. The minimum Gasteiger partial charge on any atom is -0.870 e. The normalized spacial score (nSPS) is 7.86. The van der Waals surface area contributed by atoms with Gasteiger partial charge in [-0.3, -0.25) is 9.59 Å². The Hall–Kier alpha value is 0.600. The van der Waals surface area contributed by atoms with E-state index in [1.54, 1.807) is 0 Å². The first-order valence-corrected chi connectivity index (χ1v) is 3.78. The summed E-state index contributed by atoms with van der Waals surface area (Å²) in [5.74, 6) is -5.02. The summed E-state index contributed by atoms with van der Waals surface area (Å²) >= 11 is 0. The van der Waals surface area contributed by atoms with Gasteiger partial charge in [-0.15, -0.1) is 0 Å². The van der Waals surface area contributed by atoms with E-state index in [4.69, 9.17) is 35.4 Å². The number of carbonyl (C=O) groups excluding carboxylic acids is 1. The van der Waals surface area contributed by atoms with Gasteiger partial charge in [0.2, 0.25) is 0 Å². The SMILES string of the molecule is O=C(O)CC(O)(CC(=O)O)C(=O)O.O=C([O-])[O-].[Na+].[Na+].[Na+].[OH-]. The van der Waals surface area contributed by atoms with Gasteiger partial charge in [-0.25, -0.2) is 4.79 Å². The number of rotatable bonds is 5. The Morgan fingerprint density at radius 1 is 0.810 bits per heavy atom. The summed E-state index contributed by atoms with van der Waals surface area (Å²) < 4.78 is 0. The standard InChI is InChI=1S/C6H8O7.CH2O3.3Na.H2O/c7-3(8)1-6(13,5(11)12)2-4(9)10;2-1(3)4;;;;/h13H,1-2H2,(H,7,8)(H,9,10)(H,11,12);(H2,2,3,4);;;;1H2/q;;3*+1;/p-3. The Bertz CT molecular complexity index is 312. The summed E-state index contributed by atoms with van der Waals surface area (Å²) in [5.41, 5.74) is -2.74. The van der Waals surface area contributed by atoms with Gasteiger partial charge in [0.25, 0.3) is 0 Å². The zero-order chi connectivity index (χ0) is 14.2. The van der Waals surface area contributed by atoms with Crippen LogP contribution in [0.1, 0.15) is 12.8 Å². The number of hydrogen-bond donors (Lipinski definition) is 4. The molecule has 0 amide bonds. The van der Waals surface area contributed by atoms with Gasteiger partial charge >= 0.3 is 107 Å². The molecule has 14 heteroatoms. The van der Waals surface area contributed by atoms with Gasteiger partial charge in [0, 0.05) is 0 Å². The second-order valence-electron chi connectivity index (χ2n) is 2.73. The molecular formula is C7H9Na3O11. The molecule has 0 aliphatic carbocycles. The number of carboxylic acid groups (broad SMARTS) is 5. The number of carbonyl (C=O) groups is 4. The third kappa shape index (κ3) is 25.9. The van der Waals surface area contributed by atoms with Gasteiger partial charge in [0.1, 0.15) is 0 Å². The molecule has 0 aliphatic rings. The Kier molecular flexibility index (Phi) is 33.4. The number of carboxylic acids is 3.